The van der Waals surface area contributed by atoms with Gasteiger partial charge in [0.25, 0.3) is 11.8 Å². The summed E-state index contributed by atoms with van der Waals surface area (Å²) in [5.74, 6) is 0.722. The summed E-state index contributed by atoms with van der Waals surface area (Å²) in [6, 6.07) is 18.2. The minimum atomic E-state index is -0.272. The third-order valence-corrected chi connectivity index (χ3v) is 6.16. The van der Waals surface area contributed by atoms with Crippen molar-refractivity contribution >= 4 is 44.6 Å². The summed E-state index contributed by atoms with van der Waals surface area (Å²) in [4.78, 5) is 25.5. The van der Waals surface area contributed by atoms with Crippen molar-refractivity contribution < 1.29 is 19.1 Å². The first-order chi connectivity index (χ1) is 15.6. The van der Waals surface area contributed by atoms with Crippen LogP contribution in [-0.2, 0) is 0 Å². The molecular weight excluding hydrogens is 424 g/mol. The Bertz CT molecular complexity index is 1350. The van der Waals surface area contributed by atoms with Gasteiger partial charge in [-0.2, -0.15) is 0 Å². The average molecular weight is 445 g/mol. The summed E-state index contributed by atoms with van der Waals surface area (Å²) in [5, 5.41) is 8.88. The van der Waals surface area contributed by atoms with Crippen LogP contribution >= 0.6 is 11.3 Å². The van der Waals surface area contributed by atoms with E-state index in [1.807, 2.05) is 42.6 Å². The van der Waals surface area contributed by atoms with Crippen LogP contribution in [0.3, 0.4) is 0 Å². The van der Waals surface area contributed by atoms with Crippen molar-refractivity contribution in [2.45, 2.75) is 6.92 Å². The molecule has 0 radical (unpaired) electrons. The predicted molar refractivity (Wildman–Crippen MR) is 126 cm³/mol. The first-order valence-electron chi connectivity index (χ1n) is 10.2. The normalized spacial score (nSPS) is 12.4. The molecule has 4 aromatic rings. The molecule has 0 fully saturated rings. The third kappa shape index (κ3) is 4.02. The van der Waals surface area contributed by atoms with Crippen molar-refractivity contribution in [3.63, 3.8) is 0 Å². The molecule has 2 heterocycles. The van der Waals surface area contributed by atoms with E-state index < -0.39 is 0 Å². The molecule has 3 aromatic carbocycles. The number of carbonyl (C=O) groups excluding carboxylic acids is 2. The standard InChI is InChI=1S/C25H20N2O4S/c1-15-2-5-19(26-24(28)18-3-6-21-22(13-18)31-10-9-30-21)14-20(15)27-25(29)17-4-7-23-16(12-17)8-11-32-23/h2-8,11-14H,9-10H2,1H3,(H,26,28)(H,27,29). The topological polar surface area (TPSA) is 76.7 Å². The summed E-state index contributed by atoms with van der Waals surface area (Å²) in [7, 11) is 0. The van der Waals surface area contributed by atoms with Crippen molar-refractivity contribution in [2.24, 2.45) is 0 Å². The molecule has 5 rings (SSSR count). The Morgan fingerprint density at radius 1 is 0.812 bits per heavy atom. The van der Waals surface area contributed by atoms with Gasteiger partial charge in [-0.25, -0.2) is 0 Å². The molecule has 0 saturated carbocycles. The van der Waals surface area contributed by atoms with Crippen molar-refractivity contribution in [2.75, 3.05) is 23.8 Å². The van der Waals surface area contributed by atoms with Gasteiger partial charge >= 0.3 is 0 Å². The second-order valence-corrected chi connectivity index (χ2v) is 8.42. The van der Waals surface area contributed by atoms with E-state index in [-0.39, 0.29) is 11.8 Å². The number of carbonyl (C=O) groups is 2. The summed E-state index contributed by atoms with van der Waals surface area (Å²) >= 11 is 1.64. The van der Waals surface area contributed by atoms with Crippen LogP contribution in [0.5, 0.6) is 11.5 Å². The van der Waals surface area contributed by atoms with Crippen molar-refractivity contribution in [1.82, 2.24) is 0 Å². The Morgan fingerprint density at radius 3 is 2.44 bits per heavy atom. The number of aryl methyl sites for hydroxylation is 1. The molecule has 32 heavy (non-hydrogen) atoms. The zero-order chi connectivity index (χ0) is 22.1. The highest BCUT2D eigenvalue weighted by atomic mass is 32.1. The Labute approximate surface area is 188 Å². The molecule has 1 aliphatic rings. The maximum Gasteiger partial charge on any atom is 0.255 e. The zero-order valence-corrected chi connectivity index (χ0v) is 18.1. The van der Waals surface area contributed by atoms with E-state index >= 15 is 0 Å². The van der Waals surface area contributed by atoms with Crippen LogP contribution in [0.15, 0.2) is 66.0 Å². The van der Waals surface area contributed by atoms with Gasteiger partial charge in [-0.3, -0.25) is 9.59 Å². The van der Waals surface area contributed by atoms with Crippen molar-refractivity contribution in [3.8, 4) is 11.5 Å². The minimum absolute atomic E-state index is 0.198. The van der Waals surface area contributed by atoms with Crippen molar-refractivity contribution in [3.05, 3.63) is 82.7 Å². The molecule has 7 heteroatoms. The van der Waals surface area contributed by atoms with Gasteiger partial charge in [0.1, 0.15) is 13.2 Å². The largest absolute Gasteiger partial charge is 0.486 e. The fraction of sp³-hybridized carbons (Fsp3) is 0.120. The lowest BCUT2D eigenvalue weighted by Gasteiger charge is -2.18. The Morgan fingerprint density at radius 2 is 1.56 bits per heavy atom. The SMILES string of the molecule is Cc1ccc(NC(=O)c2ccc3c(c2)OCCO3)cc1NC(=O)c1ccc2sccc2c1. The Balaban J connectivity index is 1.33. The number of hydrogen-bond acceptors (Lipinski definition) is 5. The van der Waals surface area contributed by atoms with Crippen LogP contribution in [0.25, 0.3) is 10.1 Å². The third-order valence-electron chi connectivity index (χ3n) is 5.26. The van der Waals surface area contributed by atoms with Gasteiger partial charge in [0.05, 0.1) is 0 Å². The van der Waals surface area contributed by atoms with Crippen LogP contribution in [0.4, 0.5) is 11.4 Å². The Kier molecular flexibility index (Phi) is 5.25. The predicted octanol–water partition coefficient (Wildman–Crippen LogP) is 5.49. The highest BCUT2D eigenvalue weighted by molar-refractivity contribution is 7.17. The van der Waals surface area contributed by atoms with E-state index in [0.29, 0.717) is 47.2 Å². The molecule has 6 nitrogen and oxygen atoms in total. The van der Waals surface area contributed by atoms with Crippen LogP contribution in [0, 0.1) is 6.92 Å². The number of ether oxygens (including phenoxy) is 2. The molecular formula is C25H20N2O4S. The van der Waals surface area contributed by atoms with Gasteiger partial charge in [0.2, 0.25) is 0 Å². The van der Waals surface area contributed by atoms with Crippen molar-refractivity contribution in [1.29, 1.82) is 0 Å². The summed E-state index contributed by atoms with van der Waals surface area (Å²) in [6.07, 6.45) is 0. The maximum absolute atomic E-state index is 12.8. The number of amides is 2. The van der Waals surface area contributed by atoms with Gasteiger partial charge in [0.15, 0.2) is 11.5 Å². The fourth-order valence-corrected chi connectivity index (χ4v) is 4.30. The second kappa shape index (κ2) is 8.36. The van der Waals surface area contributed by atoms with Gasteiger partial charge < -0.3 is 20.1 Å². The van der Waals surface area contributed by atoms with E-state index in [1.165, 1.54) is 0 Å². The van der Waals surface area contributed by atoms with Gasteiger partial charge in [-0.15, -0.1) is 11.3 Å². The van der Waals surface area contributed by atoms with Gasteiger partial charge in [-0.05, 0) is 77.9 Å². The van der Waals surface area contributed by atoms with E-state index in [0.717, 1.165) is 15.6 Å². The molecule has 0 unspecified atom stereocenters. The lowest BCUT2D eigenvalue weighted by Crippen LogP contribution is -2.17. The zero-order valence-electron chi connectivity index (χ0n) is 17.3. The van der Waals surface area contributed by atoms with E-state index in [2.05, 4.69) is 10.6 Å². The molecule has 0 saturated heterocycles. The lowest BCUT2D eigenvalue weighted by molar-refractivity contribution is 0.101. The maximum atomic E-state index is 12.8. The highest BCUT2D eigenvalue weighted by Gasteiger charge is 2.16. The lowest BCUT2D eigenvalue weighted by atomic mass is 10.1. The first-order valence-corrected chi connectivity index (χ1v) is 11.0. The first kappa shape index (κ1) is 20.1. The molecule has 0 spiro atoms. The minimum Gasteiger partial charge on any atom is -0.486 e. The van der Waals surface area contributed by atoms with Crippen LogP contribution in [0.2, 0.25) is 0 Å². The van der Waals surface area contributed by atoms with E-state index in [4.69, 9.17) is 9.47 Å². The average Bonchev–Trinajstić information content (AvgIpc) is 3.29. The van der Waals surface area contributed by atoms with E-state index in [9.17, 15) is 9.59 Å². The van der Waals surface area contributed by atoms with Crippen LogP contribution in [0.1, 0.15) is 26.3 Å². The second-order valence-electron chi connectivity index (χ2n) is 7.47. The molecule has 160 valence electrons. The smallest absolute Gasteiger partial charge is 0.255 e. The van der Waals surface area contributed by atoms with E-state index in [1.54, 1.807) is 41.7 Å². The number of nitrogens with one attached hydrogen (secondary N) is 2. The monoisotopic (exact) mass is 444 g/mol. The Hall–Kier alpha value is -3.84. The molecule has 2 amide bonds. The molecule has 0 atom stereocenters. The summed E-state index contributed by atoms with van der Waals surface area (Å²) < 4.78 is 12.2. The van der Waals surface area contributed by atoms with Gasteiger partial charge in [0, 0.05) is 27.2 Å². The molecule has 2 N–H and O–H groups in total. The summed E-state index contributed by atoms with van der Waals surface area (Å²) in [6.45, 7) is 2.86. The number of fused-ring (bicyclic) bond motifs is 2. The number of thiophene rings is 1. The quantitative estimate of drug-likeness (QED) is 0.437. The number of rotatable bonds is 4. The van der Waals surface area contributed by atoms with Crippen LogP contribution in [-0.4, -0.2) is 25.0 Å². The fourth-order valence-electron chi connectivity index (χ4n) is 3.52. The van der Waals surface area contributed by atoms with Crippen LogP contribution < -0.4 is 20.1 Å². The molecule has 1 aromatic heterocycles. The molecule has 0 aliphatic carbocycles. The van der Waals surface area contributed by atoms with Gasteiger partial charge in [-0.1, -0.05) is 6.07 Å². The number of benzene rings is 3. The molecule has 1 aliphatic heterocycles. The number of hydrogen-bond donors (Lipinski definition) is 2. The molecule has 0 bridgehead atoms. The summed E-state index contributed by atoms with van der Waals surface area (Å²) in [5.41, 5.74) is 3.16. The highest BCUT2D eigenvalue weighted by Crippen LogP contribution is 2.31. The number of anilines is 2.